The van der Waals surface area contributed by atoms with E-state index in [-0.39, 0.29) is 5.54 Å². The second kappa shape index (κ2) is 5.20. The third-order valence-corrected chi connectivity index (χ3v) is 3.50. The Morgan fingerprint density at radius 2 is 2.12 bits per heavy atom. The maximum atomic E-state index is 9.13. The molecule has 1 aromatic rings. The minimum Gasteiger partial charge on any atom is -0.377 e. The molecule has 3 N–H and O–H groups in total. The number of benzene rings is 1. The standard InChI is InChI=1S/C14H21N3/c1-10(2)14(4,9-16)17-13-11(3)6-5-7-12(13)8-15/h5-7,10,17H,9,16H2,1-4H3. The van der Waals surface area contributed by atoms with Gasteiger partial charge in [-0.05, 0) is 31.4 Å². The molecule has 0 saturated carbocycles. The van der Waals surface area contributed by atoms with Gasteiger partial charge >= 0.3 is 0 Å². The van der Waals surface area contributed by atoms with Gasteiger partial charge in [-0.25, -0.2) is 0 Å². The summed E-state index contributed by atoms with van der Waals surface area (Å²) in [6.45, 7) is 8.88. The van der Waals surface area contributed by atoms with Gasteiger partial charge in [0.15, 0.2) is 0 Å². The van der Waals surface area contributed by atoms with Crippen LogP contribution >= 0.6 is 0 Å². The average Bonchev–Trinajstić information content (AvgIpc) is 2.31. The Morgan fingerprint density at radius 3 is 2.59 bits per heavy atom. The highest BCUT2D eigenvalue weighted by Gasteiger charge is 2.27. The molecule has 1 rings (SSSR count). The van der Waals surface area contributed by atoms with E-state index in [1.807, 2.05) is 25.1 Å². The molecule has 0 radical (unpaired) electrons. The van der Waals surface area contributed by atoms with Gasteiger partial charge in [0.25, 0.3) is 0 Å². The highest BCUT2D eigenvalue weighted by atomic mass is 15.0. The van der Waals surface area contributed by atoms with E-state index in [0.29, 0.717) is 18.0 Å². The molecule has 3 heteroatoms. The molecule has 0 bridgehead atoms. The fraction of sp³-hybridized carbons (Fsp3) is 0.500. The number of hydrogen-bond acceptors (Lipinski definition) is 3. The molecule has 0 aromatic heterocycles. The number of hydrogen-bond donors (Lipinski definition) is 2. The lowest BCUT2D eigenvalue weighted by molar-refractivity contribution is 0.382. The molecule has 0 aliphatic carbocycles. The van der Waals surface area contributed by atoms with Crippen LogP contribution < -0.4 is 11.1 Å². The van der Waals surface area contributed by atoms with Crippen molar-refractivity contribution in [1.29, 1.82) is 5.26 Å². The fourth-order valence-electron chi connectivity index (χ4n) is 1.64. The van der Waals surface area contributed by atoms with Gasteiger partial charge in [-0.15, -0.1) is 0 Å². The maximum Gasteiger partial charge on any atom is 0.101 e. The maximum absolute atomic E-state index is 9.13. The van der Waals surface area contributed by atoms with Gasteiger partial charge < -0.3 is 11.1 Å². The topological polar surface area (TPSA) is 61.8 Å². The number of para-hydroxylation sites is 1. The van der Waals surface area contributed by atoms with Crippen molar-refractivity contribution < 1.29 is 0 Å². The molecule has 1 aromatic carbocycles. The van der Waals surface area contributed by atoms with Crippen molar-refractivity contribution in [3.05, 3.63) is 29.3 Å². The third-order valence-electron chi connectivity index (χ3n) is 3.50. The molecular formula is C14H21N3. The van der Waals surface area contributed by atoms with Crippen LogP contribution in [-0.2, 0) is 0 Å². The molecule has 0 amide bonds. The lowest BCUT2D eigenvalue weighted by atomic mass is 9.87. The van der Waals surface area contributed by atoms with Crippen LogP contribution in [0.2, 0.25) is 0 Å². The number of nitriles is 1. The van der Waals surface area contributed by atoms with E-state index in [4.69, 9.17) is 11.0 Å². The Morgan fingerprint density at radius 1 is 1.47 bits per heavy atom. The van der Waals surface area contributed by atoms with Gasteiger partial charge in [-0.2, -0.15) is 5.26 Å². The lowest BCUT2D eigenvalue weighted by Gasteiger charge is -2.35. The van der Waals surface area contributed by atoms with Crippen LogP contribution in [0, 0.1) is 24.2 Å². The molecule has 92 valence electrons. The van der Waals surface area contributed by atoms with Crippen molar-refractivity contribution >= 4 is 5.69 Å². The summed E-state index contributed by atoms with van der Waals surface area (Å²) >= 11 is 0. The van der Waals surface area contributed by atoms with Crippen LogP contribution in [0.15, 0.2) is 18.2 Å². The monoisotopic (exact) mass is 231 g/mol. The first-order chi connectivity index (χ1) is 7.94. The zero-order valence-corrected chi connectivity index (χ0v) is 11.0. The number of nitrogens with one attached hydrogen (secondary N) is 1. The van der Waals surface area contributed by atoms with E-state index in [9.17, 15) is 0 Å². The van der Waals surface area contributed by atoms with Crippen LogP contribution in [0.4, 0.5) is 5.69 Å². The smallest absolute Gasteiger partial charge is 0.101 e. The van der Waals surface area contributed by atoms with Crippen LogP contribution in [-0.4, -0.2) is 12.1 Å². The first-order valence-corrected chi connectivity index (χ1v) is 5.92. The summed E-state index contributed by atoms with van der Waals surface area (Å²) < 4.78 is 0. The Kier molecular flexibility index (Phi) is 4.14. The summed E-state index contributed by atoms with van der Waals surface area (Å²) in [5.74, 6) is 0.388. The predicted molar refractivity (Wildman–Crippen MR) is 71.8 cm³/mol. The minimum absolute atomic E-state index is 0.197. The predicted octanol–water partition coefficient (Wildman–Crippen LogP) is 2.65. The van der Waals surface area contributed by atoms with E-state index in [0.717, 1.165) is 11.3 Å². The van der Waals surface area contributed by atoms with Crippen molar-refractivity contribution in [1.82, 2.24) is 0 Å². The van der Waals surface area contributed by atoms with E-state index in [1.165, 1.54) is 0 Å². The number of anilines is 1. The first-order valence-electron chi connectivity index (χ1n) is 5.92. The van der Waals surface area contributed by atoms with Gasteiger partial charge in [-0.1, -0.05) is 26.0 Å². The molecule has 1 atom stereocenters. The van der Waals surface area contributed by atoms with Crippen molar-refractivity contribution in [3.8, 4) is 6.07 Å². The van der Waals surface area contributed by atoms with E-state index >= 15 is 0 Å². The molecule has 17 heavy (non-hydrogen) atoms. The van der Waals surface area contributed by atoms with E-state index in [2.05, 4.69) is 32.2 Å². The van der Waals surface area contributed by atoms with Gasteiger partial charge in [-0.3, -0.25) is 0 Å². The van der Waals surface area contributed by atoms with Crippen molar-refractivity contribution in [3.63, 3.8) is 0 Å². The van der Waals surface area contributed by atoms with Crippen molar-refractivity contribution in [2.75, 3.05) is 11.9 Å². The average molecular weight is 231 g/mol. The molecule has 0 spiro atoms. The number of nitrogens with zero attached hydrogens (tertiary/aromatic N) is 1. The summed E-state index contributed by atoms with van der Waals surface area (Å²) in [6, 6.07) is 7.94. The summed E-state index contributed by atoms with van der Waals surface area (Å²) in [6.07, 6.45) is 0. The summed E-state index contributed by atoms with van der Waals surface area (Å²) in [5, 5.41) is 12.6. The Labute approximate surface area is 104 Å². The molecule has 3 nitrogen and oxygen atoms in total. The molecule has 0 saturated heterocycles. The molecule has 1 unspecified atom stereocenters. The summed E-state index contributed by atoms with van der Waals surface area (Å²) in [4.78, 5) is 0. The quantitative estimate of drug-likeness (QED) is 0.837. The lowest BCUT2D eigenvalue weighted by Crippen LogP contribution is -2.47. The second-order valence-electron chi connectivity index (χ2n) is 5.01. The Bertz CT molecular complexity index is 432. The third kappa shape index (κ3) is 2.78. The molecule has 0 aliphatic rings. The summed E-state index contributed by atoms with van der Waals surface area (Å²) in [7, 11) is 0. The van der Waals surface area contributed by atoms with Crippen molar-refractivity contribution in [2.24, 2.45) is 11.7 Å². The molecule has 0 aliphatic heterocycles. The number of rotatable bonds is 4. The van der Waals surface area contributed by atoms with Crippen LogP contribution in [0.3, 0.4) is 0 Å². The van der Waals surface area contributed by atoms with Crippen LogP contribution in [0.1, 0.15) is 31.9 Å². The van der Waals surface area contributed by atoms with Gasteiger partial charge in [0.1, 0.15) is 6.07 Å². The normalized spacial score (nSPS) is 14.2. The largest absolute Gasteiger partial charge is 0.377 e. The zero-order chi connectivity index (χ0) is 13.1. The van der Waals surface area contributed by atoms with Gasteiger partial charge in [0.2, 0.25) is 0 Å². The SMILES string of the molecule is Cc1cccc(C#N)c1NC(C)(CN)C(C)C. The van der Waals surface area contributed by atoms with Gasteiger partial charge in [0, 0.05) is 12.1 Å². The van der Waals surface area contributed by atoms with Crippen LogP contribution in [0.25, 0.3) is 0 Å². The Balaban J connectivity index is 3.15. The van der Waals surface area contributed by atoms with Crippen LogP contribution in [0.5, 0.6) is 0 Å². The number of aryl methyl sites for hydroxylation is 1. The highest BCUT2D eigenvalue weighted by Crippen LogP contribution is 2.27. The highest BCUT2D eigenvalue weighted by molar-refractivity contribution is 5.63. The molecule has 0 fully saturated rings. The number of nitrogens with two attached hydrogens (primary N) is 1. The molecular weight excluding hydrogens is 210 g/mol. The minimum atomic E-state index is -0.197. The molecule has 0 heterocycles. The van der Waals surface area contributed by atoms with E-state index in [1.54, 1.807) is 0 Å². The van der Waals surface area contributed by atoms with Gasteiger partial charge in [0.05, 0.1) is 11.3 Å². The Hall–Kier alpha value is -1.53. The fourth-order valence-corrected chi connectivity index (χ4v) is 1.64. The van der Waals surface area contributed by atoms with E-state index < -0.39 is 0 Å². The second-order valence-corrected chi connectivity index (χ2v) is 5.01. The first kappa shape index (κ1) is 13.5. The summed E-state index contributed by atoms with van der Waals surface area (Å²) in [5.41, 5.74) is 8.30. The van der Waals surface area contributed by atoms with Crippen molar-refractivity contribution in [2.45, 2.75) is 33.2 Å². The zero-order valence-electron chi connectivity index (χ0n) is 11.0.